The summed E-state index contributed by atoms with van der Waals surface area (Å²) in [7, 11) is 0. The molecule has 0 atom stereocenters. The first-order valence-corrected chi connectivity index (χ1v) is 10.7. The van der Waals surface area contributed by atoms with Crippen LogP contribution in [0.5, 0.6) is 0 Å². The number of amides is 2. The lowest BCUT2D eigenvalue weighted by molar-refractivity contribution is -0.124. The van der Waals surface area contributed by atoms with Crippen molar-refractivity contribution >= 4 is 46.6 Å². The SMILES string of the molecule is CCOC(=O)N1CCC(N2C(=S)N(c3ccc(C#N)c(Cl)c3C)C(=O)C2(C)C)CC1. The molecule has 0 aromatic heterocycles. The predicted molar refractivity (Wildman–Crippen MR) is 119 cm³/mol. The van der Waals surface area contributed by atoms with Crippen LogP contribution in [0.25, 0.3) is 0 Å². The number of halogens is 1. The summed E-state index contributed by atoms with van der Waals surface area (Å²) in [5.74, 6) is -0.135. The van der Waals surface area contributed by atoms with Gasteiger partial charge in [0.2, 0.25) is 0 Å². The molecule has 2 aliphatic rings. The number of nitriles is 1. The minimum atomic E-state index is -0.833. The zero-order valence-electron chi connectivity index (χ0n) is 17.6. The van der Waals surface area contributed by atoms with E-state index in [4.69, 9.17) is 28.6 Å². The second-order valence-corrected chi connectivity index (χ2v) is 8.70. The molecule has 2 aliphatic heterocycles. The Morgan fingerprint density at radius 3 is 2.57 bits per heavy atom. The van der Waals surface area contributed by atoms with Crippen molar-refractivity contribution in [3.05, 3.63) is 28.3 Å². The number of piperidine rings is 1. The molecule has 0 bridgehead atoms. The van der Waals surface area contributed by atoms with Gasteiger partial charge in [-0.25, -0.2) is 4.79 Å². The van der Waals surface area contributed by atoms with Crippen molar-refractivity contribution in [1.82, 2.24) is 9.80 Å². The predicted octanol–water partition coefficient (Wildman–Crippen LogP) is 3.85. The van der Waals surface area contributed by atoms with Crippen LogP contribution < -0.4 is 4.90 Å². The number of likely N-dealkylation sites (tertiary alicyclic amines) is 1. The molecule has 0 saturated carbocycles. The molecule has 160 valence electrons. The lowest BCUT2D eigenvalue weighted by Crippen LogP contribution is -2.54. The van der Waals surface area contributed by atoms with Crippen molar-refractivity contribution in [2.45, 2.75) is 52.1 Å². The lowest BCUT2D eigenvalue weighted by atomic mass is 9.96. The van der Waals surface area contributed by atoms with Crippen LogP contribution in [0.15, 0.2) is 12.1 Å². The number of carbonyl (C=O) groups is 2. The minimum absolute atomic E-state index is 0.0290. The maximum atomic E-state index is 13.4. The fraction of sp³-hybridized carbons (Fsp3) is 0.524. The van der Waals surface area contributed by atoms with E-state index < -0.39 is 5.54 Å². The van der Waals surface area contributed by atoms with Crippen molar-refractivity contribution in [1.29, 1.82) is 5.26 Å². The summed E-state index contributed by atoms with van der Waals surface area (Å²) in [5, 5.41) is 9.95. The number of ether oxygens (including phenoxy) is 1. The van der Waals surface area contributed by atoms with Crippen LogP contribution in [0.4, 0.5) is 10.5 Å². The first-order chi connectivity index (χ1) is 14.1. The van der Waals surface area contributed by atoms with Gasteiger partial charge < -0.3 is 14.5 Å². The summed E-state index contributed by atoms with van der Waals surface area (Å²) >= 11 is 12.1. The van der Waals surface area contributed by atoms with Gasteiger partial charge in [0.1, 0.15) is 11.6 Å². The summed E-state index contributed by atoms with van der Waals surface area (Å²) in [6, 6.07) is 5.40. The van der Waals surface area contributed by atoms with Gasteiger partial charge in [-0.3, -0.25) is 9.69 Å². The van der Waals surface area contributed by atoms with Crippen LogP contribution >= 0.6 is 23.8 Å². The monoisotopic (exact) mass is 448 g/mol. The highest BCUT2D eigenvalue weighted by molar-refractivity contribution is 7.80. The average molecular weight is 449 g/mol. The number of hydrogen-bond acceptors (Lipinski definition) is 5. The van der Waals surface area contributed by atoms with Crippen molar-refractivity contribution in [3.63, 3.8) is 0 Å². The molecule has 2 heterocycles. The van der Waals surface area contributed by atoms with Gasteiger partial charge in [0.05, 0.1) is 22.9 Å². The molecule has 1 aromatic carbocycles. The molecule has 2 fully saturated rings. The molecule has 0 unspecified atom stereocenters. The highest BCUT2D eigenvalue weighted by atomic mass is 35.5. The normalized spacial score (nSPS) is 19.3. The third-order valence-corrected chi connectivity index (χ3v) is 6.67. The largest absolute Gasteiger partial charge is 0.450 e. The second-order valence-electron chi connectivity index (χ2n) is 7.95. The molecule has 9 heteroatoms. The van der Waals surface area contributed by atoms with E-state index >= 15 is 0 Å². The van der Waals surface area contributed by atoms with Crippen LogP contribution in [-0.4, -0.2) is 58.2 Å². The number of thiocarbonyl (C=S) groups is 1. The fourth-order valence-electron chi connectivity index (χ4n) is 4.16. The van der Waals surface area contributed by atoms with Crippen molar-refractivity contribution in [2.24, 2.45) is 0 Å². The van der Waals surface area contributed by atoms with Crippen LogP contribution in [0.2, 0.25) is 5.02 Å². The third kappa shape index (κ3) is 3.61. The maximum Gasteiger partial charge on any atom is 0.409 e. The van der Waals surface area contributed by atoms with E-state index in [-0.39, 0.29) is 18.0 Å². The highest BCUT2D eigenvalue weighted by Gasteiger charge is 2.52. The summed E-state index contributed by atoms with van der Waals surface area (Å²) < 4.78 is 5.09. The number of hydrogen-bond donors (Lipinski definition) is 0. The Morgan fingerprint density at radius 2 is 2.00 bits per heavy atom. The van der Waals surface area contributed by atoms with E-state index in [1.54, 1.807) is 30.9 Å². The van der Waals surface area contributed by atoms with E-state index in [1.807, 2.05) is 18.7 Å². The molecule has 3 rings (SSSR count). The first kappa shape index (κ1) is 22.3. The van der Waals surface area contributed by atoms with Crippen molar-refractivity contribution < 1.29 is 14.3 Å². The third-order valence-electron chi connectivity index (χ3n) is 5.80. The molecule has 0 radical (unpaired) electrons. The topological polar surface area (TPSA) is 76.9 Å². The molecule has 0 spiro atoms. The fourth-order valence-corrected chi connectivity index (χ4v) is 4.92. The van der Waals surface area contributed by atoms with E-state index in [0.29, 0.717) is 59.5 Å². The Bertz CT molecular complexity index is 935. The summed E-state index contributed by atoms with van der Waals surface area (Å²) in [6.45, 7) is 8.73. The molecular weight excluding hydrogens is 424 g/mol. The Morgan fingerprint density at radius 1 is 1.37 bits per heavy atom. The van der Waals surface area contributed by atoms with Gasteiger partial charge in [0.25, 0.3) is 5.91 Å². The van der Waals surface area contributed by atoms with Crippen molar-refractivity contribution in [3.8, 4) is 6.07 Å². The standard InChI is InChI=1S/C21H25ClN4O3S/c1-5-29-20(28)24-10-8-15(9-11-24)26-19(30)25(18(27)21(26,3)4)16-7-6-14(12-23)17(22)13(16)2/h6-7,15H,5,8-11H2,1-4H3. The smallest absolute Gasteiger partial charge is 0.409 e. The Balaban J connectivity index is 1.87. The van der Waals surface area contributed by atoms with Gasteiger partial charge in [-0.1, -0.05) is 11.6 Å². The number of nitrogens with zero attached hydrogens (tertiary/aromatic N) is 4. The number of carbonyl (C=O) groups excluding carboxylic acids is 2. The van der Waals surface area contributed by atoms with Gasteiger partial charge in [-0.2, -0.15) is 5.26 Å². The van der Waals surface area contributed by atoms with E-state index in [1.165, 1.54) is 4.90 Å². The van der Waals surface area contributed by atoms with Crippen LogP contribution in [0.1, 0.15) is 44.7 Å². The van der Waals surface area contributed by atoms with Gasteiger partial charge >= 0.3 is 6.09 Å². The Labute approximate surface area is 187 Å². The van der Waals surface area contributed by atoms with Gasteiger partial charge in [0.15, 0.2) is 5.11 Å². The van der Waals surface area contributed by atoms with Crippen LogP contribution in [0, 0.1) is 18.3 Å². The average Bonchev–Trinajstić information content (AvgIpc) is 2.89. The summed E-state index contributed by atoms with van der Waals surface area (Å²) in [6.07, 6.45) is 1.08. The molecule has 2 saturated heterocycles. The van der Waals surface area contributed by atoms with Crippen molar-refractivity contribution in [2.75, 3.05) is 24.6 Å². The molecule has 30 heavy (non-hydrogen) atoms. The summed E-state index contributed by atoms with van der Waals surface area (Å²) in [4.78, 5) is 30.6. The molecule has 1 aromatic rings. The zero-order chi connectivity index (χ0) is 22.2. The Kier molecular flexibility index (Phi) is 6.25. The number of anilines is 1. The Hall–Kier alpha value is -2.37. The minimum Gasteiger partial charge on any atom is -0.450 e. The van der Waals surface area contributed by atoms with Crippen LogP contribution in [-0.2, 0) is 9.53 Å². The number of rotatable bonds is 3. The van der Waals surface area contributed by atoms with E-state index in [9.17, 15) is 14.9 Å². The van der Waals surface area contributed by atoms with Gasteiger partial charge in [0, 0.05) is 19.1 Å². The molecule has 0 aliphatic carbocycles. The summed E-state index contributed by atoms with van der Waals surface area (Å²) in [5.41, 5.74) is 0.758. The molecular formula is C21H25ClN4O3S. The highest BCUT2D eigenvalue weighted by Crippen LogP contribution is 2.39. The van der Waals surface area contributed by atoms with E-state index in [2.05, 4.69) is 6.07 Å². The lowest BCUT2D eigenvalue weighted by Gasteiger charge is -2.41. The quantitative estimate of drug-likeness (QED) is 0.653. The molecule has 2 amide bonds. The van der Waals surface area contributed by atoms with Crippen LogP contribution in [0.3, 0.4) is 0 Å². The zero-order valence-corrected chi connectivity index (χ0v) is 19.1. The van der Waals surface area contributed by atoms with Gasteiger partial charge in [-0.15, -0.1) is 0 Å². The number of benzene rings is 1. The van der Waals surface area contributed by atoms with Gasteiger partial charge in [-0.05, 0) is 70.5 Å². The van der Waals surface area contributed by atoms with E-state index in [0.717, 1.165) is 0 Å². The molecule has 7 nitrogen and oxygen atoms in total. The maximum absolute atomic E-state index is 13.4. The molecule has 0 N–H and O–H groups in total. The first-order valence-electron chi connectivity index (χ1n) is 9.93. The second kappa shape index (κ2) is 8.40.